The summed E-state index contributed by atoms with van der Waals surface area (Å²) in [6.45, 7) is 4.99. The summed E-state index contributed by atoms with van der Waals surface area (Å²) in [6.07, 6.45) is -0.396. The molecule has 2 aromatic carbocycles. The second-order valence-corrected chi connectivity index (χ2v) is 7.64. The summed E-state index contributed by atoms with van der Waals surface area (Å²) in [7, 11) is 0. The third-order valence-corrected chi connectivity index (χ3v) is 5.05. The van der Waals surface area contributed by atoms with Crippen LogP contribution in [0.5, 0.6) is 5.75 Å². The first-order chi connectivity index (χ1) is 13.0. The van der Waals surface area contributed by atoms with Gasteiger partial charge in [-0.25, -0.2) is 0 Å². The normalized spacial score (nSPS) is 21.6. The van der Waals surface area contributed by atoms with Gasteiger partial charge in [-0.2, -0.15) is 0 Å². The van der Waals surface area contributed by atoms with Gasteiger partial charge < -0.3 is 25.4 Å². The van der Waals surface area contributed by atoms with Gasteiger partial charge in [0.2, 0.25) is 0 Å². The molecule has 0 aliphatic carbocycles. The second-order valence-electron chi connectivity index (χ2n) is 7.64. The maximum Gasteiger partial charge on any atom is 0.254 e. The van der Waals surface area contributed by atoms with Crippen molar-refractivity contribution in [1.29, 1.82) is 0 Å². The first-order valence-electron chi connectivity index (χ1n) is 9.29. The Morgan fingerprint density at radius 1 is 1.30 bits per heavy atom. The monoisotopic (exact) mass is 367 g/mol. The lowest BCUT2D eigenvalue weighted by molar-refractivity contribution is 0.00589. The molecule has 1 saturated heterocycles. The van der Waals surface area contributed by atoms with Gasteiger partial charge in [0.05, 0.1) is 17.3 Å². The van der Waals surface area contributed by atoms with E-state index in [0.717, 1.165) is 24.5 Å². The van der Waals surface area contributed by atoms with Gasteiger partial charge in [0.1, 0.15) is 12.4 Å². The molecule has 2 aliphatic heterocycles. The Labute approximate surface area is 159 Å². The summed E-state index contributed by atoms with van der Waals surface area (Å²) in [5, 5.41) is 16.4. The number of amides is 1. The summed E-state index contributed by atoms with van der Waals surface area (Å²) >= 11 is 0. The van der Waals surface area contributed by atoms with Crippen molar-refractivity contribution in [3.05, 3.63) is 59.7 Å². The van der Waals surface area contributed by atoms with Crippen LogP contribution in [0.3, 0.4) is 0 Å². The fourth-order valence-electron chi connectivity index (χ4n) is 3.46. The van der Waals surface area contributed by atoms with Crippen LogP contribution in [0.15, 0.2) is 48.5 Å². The standard InChI is InChI=1S/C21H25N3O3/c1-21(13-22-10-15-5-3-2-4-6-15)14-27-19-8-7-16(9-18(19)23-21)20(26)24-11-17(25)12-24/h2-9,17,22-23,25H,10-14H2,1H3. The summed E-state index contributed by atoms with van der Waals surface area (Å²) in [6, 6.07) is 15.7. The molecule has 0 aromatic heterocycles. The molecule has 6 nitrogen and oxygen atoms in total. The number of nitrogens with zero attached hydrogens (tertiary/aromatic N) is 1. The number of hydrogen-bond acceptors (Lipinski definition) is 5. The Bertz CT molecular complexity index is 821. The van der Waals surface area contributed by atoms with Crippen LogP contribution in [-0.4, -0.2) is 53.8 Å². The number of benzene rings is 2. The Hall–Kier alpha value is -2.57. The molecule has 1 unspecified atom stereocenters. The van der Waals surface area contributed by atoms with E-state index in [1.54, 1.807) is 11.0 Å². The van der Waals surface area contributed by atoms with Crippen molar-refractivity contribution in [2.45, 2.75) is 25.1 Å². The maximum absolute atomic E-state index is 12.5. The van der Waals surface area contributed by atoms with Crippen molar-refractivity contribution < 1.29 is 14.6 Å². The van der Waals surface area contributed by atoms with Crippen LogP contribution in [0.1, 0.15) is 22.8 Å². The van der Waals surface area contributed by atoms with Gasteiger partial charge in [-0.15, -0.1) is 0 Å². The fourth-order valence-corrected chi connectivity index (χ4v) is 3.46. The largest absolute Gasteiger partial charge is 0.489 e. The number of carbonyl (C=O) groups excluding carboxylic acids is 1. The predicted octanol–water partition coefficient (Wildman–Crippen LogP) is 1.86. The van der Waals surface area contributed by atoms with Crippen molar-refractivity contribution in [3.8, 4) is 5.75 Å². The van der Waals surface area contributed by atoms with Gasteiger partial charge in [-0.05, 0) is 30.7 Å². The summed E-state index contributed by atoms with van der Waals surface area (Å²) < 4.78 is 5.93. The van der Waals surface area contributed by atoms with E-state index in [1.165, 1.54) is 5.56 Å². The van der Waals surface area contributed by atoms with E-state index >= 15 is 0 Å². The summed E-state index contributed by atoms with van der Waals surface area (Å²) in [4.78, 5) is 14.1. The van der Waals surface area contributed by atoms with Crippen LogP contribution in [-0.2, 0) is 6.54 Å². The number of carbonyl (C=O) groups is 1. The second kappa shape index (κ2) is 7.21. The molecule has 3 N–H and O–H groups in total. The van der Waals surface area contributed by atoms with Gasteiger partial charge in [-0.3, -0.25) is 4.79 Å². The molecule has 0 radical (unpaired) electrons. The Balaban J connectivity index is 1.40. The molecule has 2 aromatic rings. The highest BCUT2D eigenvalue weighted by Gasteiger charge is 2.33. The zero-order valence-corrected chi connectivity index (χ0v) is 15.4. The number of aliphatic hydroxyl groups is 1. The lowest BCUT2D eigenvalue weighted by Crippen LogP contribution is -2.53. The van der Waals surface area contributed by atoms with Crippen molar-refractivity contribution in [2.24, 2.45) is 0 Å². The first kappa shape index (κ1) is 17.8. The van der Waals surface area contributed by atoms with E-state index in [1.807, 2.05) is 30.3 Å². The number of aliphatic hydroxyl groups excluding tert-OH is 1. The van der Waals surface area contributed by atoms with Gasteiger partial charge in [0.25, 0.3) is 5.91 Å². The molecule has 4 rings (SSSR count). The van der Waals surface area contributed by atoms with E-state index in [4.69, 9.17) is 4.74 Å². The van der Waals surface area contributed by atoms with Crippen molar-refractivity contribution in [1.82, 2.24) is 10.2 Å². The molecular weight excluding hydrogens is 342 g/mol. The van der Waals surface area contributed by atoms with Crippen LogP contribution in [0, 0.1) is 0 Å². The predicted molar refractivity (Wildman–Crippen MR) is 104 cm³/mol. The average molecular weight is 367 g/mol. The van der Waals surface area contributed by atoms with E-state index in [2.05, 4.69) is 29.7 Å². The minimum atomic E-state index is -0.396. The van der Waals surface area contributed by atoms with Gasteiger partial charge in [0.15, 0.2) is 0 Å². The number of hydrogen-bond donors (Lipinski definition) is 3. The molecule has 1 amide bonds. The van der Waals surface area contributed by atoms with Crippen LogP contribution >= 0.6 is 0 Å². The number of β-amino-alcohol motifs (C(OH)–C–C–N with tert-alkyl or cyclic N) is 1. The SMILES string of the molecule is CC1(CNCc2ccccc2)COc2ccc(C(=O)N3CC(O)C3)cc2N1. The topological polar surface area (TPSA) is 73.8 Å². The number of nitrogens with one attached hydrogen (secondary N) is 2. The van der Waals surface area contributed by atoms with Crippen LogP contribution in [0.25, 0.3) is 0 Å². The third kappa shape index (κ3) is 3.91. The molecular formula is C21H25N3O3. The molecule has 1 fully saturated rings. The lowest BCUT2D eigenvalue weighted by atomic mass is 9.99. The van der Waals surface area contributed by atoms with E-state index < -0.39 is 6.10 Å². The average Bonchev–Trinajstić information content (AvgIpc) is 2.65. The fraction of sp³-hybridized carbons (Fsp3) is 0.381. The van der Waals surface area contributed by atoms with E-state index in [-0.39, 0.29) is 11.4 Å². The molecule has 6 heteroatoms. The molecule has 27 heavy (non-hydrogen) atoms. The highest BCUT2D eigenvalue weighted by Crippen LogP contribution is 2.33. The number of likely N-dealkylation sites (tertiary alicyclic amines) is 1. The van der Waals surface area contributed by atoms with E-state index in [0.29, 0.717) is 25.3 Å². The molecule has 1 atom stereocenters. The minimum Gasteiger partial charge on any atom is -0.489 e. The molecule has 142 valence electrons. The zero-order chi connectivity index (χ0) is 18.9. The Morgan fingerprint density at radius 3 is 2.81 bits per heavy atom. The lowest BCUT2D eigenvalue weighted by Gasteiger charge is -2.38. The van der Waals surface area contributed by atoms with Crippen molar-refractivity contribution in [2.75, 3.05) is 31.6 Å². The highest BCUT2D eigenvalue weighted by atomic mass is 16.5. The maximum atomic E-state index is 12.5. The number of ether oxygens (including phenoxy) is 1. The molecule has 0 saturated carbocycles. The van der Waals surface area contributed by atoms with Gasteiger partial charge in [-0.1, -0.05) is 30.3 Å². The smallest absolute Gasteiger partial charge is 0.254 e. The van der Waals surface area contributed by atoms with Crippen LogP contribution in [0.2, 0.25) is 0 Å². The van der Waals surface area contributed by atoms with Gasteiger partial charge in [0, 0.05) is 31.7 Å². The van der Waals surface area contributed by atoms with Crippen molar-refractivity contribution in [3.63, 3.8) is 0 Å². The van der Waals surface area contributed by atoms with Crippen LogP contribution in [0.4, 0.5) is 5.69 Å². The van der Waals surface area contributed by atoms with Gasteiger partial charge >= 0.3 is 0 Å². The molecule has 0 spiro atoms. The Morgan fingerprint density at radius 2 is 2.07 bits per heavy atom. The first-order valence-corrected chi connectivity index (χ1v) is 9.29. The summed E-state index contributed by atoms with van der Waals surface area (Å²) in [5.74, 6) is 0.704. The Kier molecular flexibility index (Phi) is 4.76. The number of fused-ring (bicyclic) bond motifs is 1. The molecule has 2 aliphatic rings. The molecule has 0 bridgehead atoms. The van der Waals surface area contributed by atoms with E-state index in [9.17, 15) is 9.90 Å². The third-order valence-electron chi connectivity index (χ3n) is 5.05. The van der Waals surface area contributed by atoms with Crippen LogP contribution < -0.4 is 15.4 Å². The quantitative estimate of drug-likeness (QED) is 0.752. The number of anilines is 1. The molecule has 2 heterocycles. The minimum absolute atomic E-state index is 0.0561. The summed E-state index contributed by atoms with van der Waals surface area (Å²) in [5.41, 5.74) is 2.41. The zero-order valence-electron chi connectivity index (χ0n) is 15.4. The van der Waals surface area contributed by atoms with Crippen molar-refractivity contribution >= 4 is 11.6 Å². The highest BCUT2D eigenvalue weighted by molar-refractivity contribution is 5.96. The number of rotatable bonds is 5.